The Hall–Kier alpha value is -2.49. The zero-order valence-corrected chi connectivity index (χ0v) is 10.5. The van der Waals surface area contributed by atoms with E-state index in [0.717, 1.165) is 0 Å². The molecule has 0 bridgehead atoms. The molecule has 0 aliphatic heterocycles. The highest BCUT2D eigenvalue weighted by Crippen LogP contribution is 2.25. The maximum Gasteiger partial charge on any atom is 0.200 e. The Labute approximate surface area is 111 Å². The van der Waals surface area contributed by atoms with Crippen molar-refractivity contribution in [3.63, 3.8) is 0 Å². The Morgan fingerprint density at radius 1 is 1.05 bits per heavy atom. The van der Waals surface area contributed by atoms with Crippen molar-refractivity contribution in [2.24, 2.45) is 0 Å². The number of aromatic hydroxyl groups is 1. The summed E-state index contributed by atoms with van der Waals surface area (Å²) in [7, 11) is 1.55. The van der Waals surface area contributed by atoms with Gasteiger partial charge in [-0.25, -0.2) is 0 Å². The van der Waals surface area contributed by atoms with E-state index in [2.05, 4.69) is 0 Å². The van der Waals surface area contributed by atoms with E-state index in [-0.39, 0.29) is 18.1 Å². The molecular weight excluding hydrogens is 244 g/mol. The van der Waals surface area contributed by atoms with Gasteiger partial charge in [-0.1, -0.05) is 12.1 Å². The van der Waals surface area contributed by atoms with Gasteiger partial charge >= 0.3 is 0 Å². The van der Waals surface area contributed by atoms with Crippen molar-refractivity contribution in [3.05, 3.63) is 54.1 Å². The van der Waals surface area contributed by atoms with Gasteiger partial charge in [-0.05, 0) is 36.4 Å². The summed E-state index contributed by atoms with van der Waals surface area (Å²) in [6, 6.07) is 13.2. The summed E-state index contributed by atoms with van der Waals surface area (Å²) in [5.41, 5.74) is 0.493. The third kappa shape index (κ3) is 3.25. The van der Waals surface area contributed by atoms with Gasteiger partial charge in [0.2, 0.25) is 0 Å². The number of para-hydroxylation sites is 2. The van der Waals surface area contributed by atoms with Gasteiger partial charge in [0, 0.05) is 5.56 Å². The highest BCUT2D eigenvalue weighted by Gasteiger charge is 2.09. The van der Waals surface area contributed by atoms with Crippen LogP contribution in [-0.2, 0) is 0 Å². The summed E-state index contributed by atoms with van der Waals surface area (Å²) in [5.74, 6) is 1.08. The number of Topliss-reactive ketones (excluding diaryl/α,β-unsaturated/α-hetero) is 1. The Balaban J connectivity index is 2.02. The van der Waals surface area contributed by atoms with Crippen molar-refractivity contribution >= 4 is 5.78 Å². The quantitative estimate of drug-likeness (QED) is 0.838. The number of phenolic OH excluding ortho intramolecular Hbond substituents is 1. The van der Waals surface area contributed by atoms with Crippen LogP contribution in [-0.4, -0.2) is 24.6 Å². The lowest BCUT2D eigenvalue weighted by Gasteiger charge is -2.09. The van der Waals surface area contributed by atoms with Gasteiger partial charge in [0.15, 0.2) is 23.9 Å². The summed E-state index contributed by atoms with van der Waals surface area (Å²) in [5, 5.41) is 9.16. The fourth-order valence-electron chi connectivity index (χ4n) is 1.61. The molecule has 1 N–H and O–H groups in total. The summed E-state index contributed by atoms with van der Waals surface area (Å²) >= 11 is 0. The molecule has 0 aliphatic rings. The topological polar surface area (TPSA) is 55.8 Å². The molecule has 0 aliphatic carbocycles. The third-order valence-corrected chi connectivity index (χ3v) is 2.62. The molecule has 0 aromatic heterocycles. The minimum absolute atomic E-state index is 0.0782. The first-order valence-corrected chi connectivity index (χ1v) is 5.79. The standard InChI is InChI=1S/C15H14O4/c1-18-14-4-2-3-5-15(14)19-10-13(17)11-6-8-12(16)9-7-11/h2-9,16H,10H2,1H3. The Morgan fingerprint density at radius 3 is 2.32 bits per heavy atom. The first kappa shape index (κ1) is 13.0. The van der Waals surface area contributed by atoms with Crippen LogP contribution < -0.4 is 9.47 Å². The van der Waals surface area contributed by atoms with Gasteiger partial charge in [0.1, 0.15) is 5.75 Å². The number of benzene rings is 2. The molecule has 0 spiro atoms. The van der Waals surface area contributed by atoms with E-state index in [1.165, 1.54) is 12.1 Å². The molecule has 0 fully saturated rings. The summed E-state index contributed by atoms with van der Waals surface area (Å²) in [6.07, 6.45) is 0. The number of hydrogen-bond donors (Lipinski definition) is 1. The molecule has 0 unspecified atom stereocenters. The van der Waals surface area contributed by atoms with E-state index < -0.39 is 0 Å². The van der Waals surface area contributed by atoms with Crippen molar-refractivity contribution in [2.45, 2.75) is 0 Å². The Morgan fingerprint density at radius 2 is 1.68 bits per heavy atom. The monoisotopic (exact) mass is 258 g/mol. The number of hydrogen-bond acceptors (Lipinski definition) is 4. The van der Waals surface area contributed by atoms with E-state index in [9.17, 15) is 4.79 Å². The van der Waals surface area contributed by atoms with Crippen molar-refractivity contribution in [1.82, 2.24) is 0 Å². The lowest BCUT2D eigenvalue weighted by molar-refractivity contribution is 0.0919. The molecule has 0 amide bonds. The lowest BCUT2D eigenvalue weighted by Crippen LogP contribution is -2.11. The molecule has 2 aromatic rings. The van der Waals surface area contributed by atoms with E-state index in [1.807, 2.05) is 12.1 Å². The number of ether oxygens (including phenoxy) is 2. The predicted molar refractivity (Wildman–Crippen MR) is 70.9 cm³/mol. The third-order valence-electron chi connectivity index (χ3n) is 2.62. The maximum absolute atomic E-state index is 11.9. The summed E-state index contributed by atoms with van der Waals surface area (Å²) in [4.78, 5) is 11.9. The Bertz CT molecular complexity index is 561. The van der Waals surface area contributed by atoms with Gasteiger partial charge in [0.25, 0.3) is 0 Å². The van der Waals surface area contributed by atoms with Crippen LogP contribution in [0.25, 0.3) is 0 Å². The number of rotatable bonds is 5. The predicted octanol–water partition coefficient (Wildman–Crippen LogP) is 2.66. The van der Waals surface area contributed by atoms with Crippen LogP contribution in [0.15, 0.2) is 48.5 Å². The normalized spacial score (nSPS) is 9.95. The first-order chi connectivity index (χ1) is 9.20. The van der Waals surface area contributed by atoms with Crippen LogP contribution in [0.4, 0.5) is 0 Å². The van der Waals surface area contributed by atoms with Crippen molar-refractivity contribution < 1.29 is 19.4 Å². The molecule has 4 nitrogen and oxygen atoms in total. The zero-order chi connectivity index (χ0) is 13.7. The van der Waals surface area contributed by atoms with Gasteiger partial charge < -0.3 is 14.6 Å². The maximum atomic E-state index is 11.9. The van der Waals surface area contributed by atoms with Gasteiger partial charge in [-0.15, -0.1) is 0 Å². The molecule has 0 heterocycles. The molecule has 0 saturated carbocycles. The fraction of sp³-hybridized carbons (Fsp3) is 0.133. The summed E-state index contributed by atoms with van der Waals surface area (Å²) in [6.45, 7) is -0.0782. The number of methoxy groups -OCH3 is 1. The van der Waals surface area contributed by atoms with Crippen molar-refractivity contribution in [2.75, 3.05) is 13.7 Å². The van der Waals surface area contributed by atoms with Crippen LogP contribution in [0, 0.1) is 0 Å². The molecule has 4 heteroatoms. The van der Waals surface area contributed by atoms with Gasteiger partial charge in [-0.2, -0.15) is 0 Å². The smallest absolute Gasteiger partial charge is 0.200 e. The van der Waals surface area contributed by atoms with Crippen LogP contribution in [0.1, 0.15) is 10.4 Å². The summed E-state index contributed by atoms with van der Waals surface area (Å²) < 4.78 is 10.6. The largest absolute Gasteiger partial charge is 0.508 e. The molecule has 0 atom stereocenters. The molecule has 19 heavy (non-hydrogen) atoms. The minimum atomic E-state index is -0.161. The van der Waals surface area contributed by atoms with Gasteiger partial charge in [-0.3, -0.25) is 4.79 Å². The number of carbonyl (C=O) groups is 1. The zero-order valence-electron chi connectivity index (χ0n) is 10.5. The molecule has 2 rings (SSSR count). The second-order valence-electron chi connectivity index (χ2n) is 3.91. The van der Waals surface area contributed by atoms with Crippen LogP contribution in [0.5, 0.6) is 17.2 Å². The van der Waals surface area contributed by atoms with E-state index in [4.69, 9.17) is 14.6 Å². The fourth-order valence-corrected chi connectivity index (χ4v) is 1.61. The second-order valence-corrected chi connectivity index (χ2v) is 3.91. The SMILES string of the molecule is COc1ccccc1OCC(=O)c1ccc(O)cc1. The molecular formula is C15H14O4. The van der Waals surface area contributed by atoms with Crippen molar-refractivity contribution in [3.8, 4) is 17.2 Å². The van der Waals surface area contributed by atoms with E-state index >= 15 is 0 Å². The molecule has 0 saturated heterocycles. The van der Waals surface area contributed by atoms with E-state index in [1.54, 1.807) is 31.4 Å². The number of phenols is 1. The lowest BCUT2D eigenvalue weighted by atomic mass is 10.1. The van der Waals surface area contributed by atoms with Crippen LogP contribution >= 0.6 is 0 Å². The minimum Gasteiger partial charge on any atom is -0.508 e. The average molecular weight is 258 g/mol. The van der Waals surface area contributed by atoms with Crippen LogP contribution in [0.3, 0.4) is 0 Å². The first-order valence-electron chi connectivity index (χ1n) is 5.79. The van der Waals surface area contributed by atoms with E-state index in [0.29, 0.717) is 17.1 Å². The highest BCUT2D eigenvalue weighted by atomic mass is 16.5. The molecule has 0 radical (unpaired) electrons. The van der Waals surface area contributed by atoms with Crippen molar-refractivity contribution in [1.29, 1.82) is 0 Å². The van der Waals surface area contributed by atoms with Crippen LogP contribution in [0.2, 0.25) is 0 Å². The molecule has 2 aromatic carbocycles. The van der Waals surface area contributed by atoms with Gasteiger partial charge in [0.05, 0.1) is 7.11 Å². The number of ketones is 1. The number of carbonyl (C=O) groups excluding carboxylic acids is 1. The highest BCUT2D eigenvalue weighted by molar-refractivity contribution is 5.97. The molecule has 98 valence electrons. The average Bonchev–Trinajstić information content (AvgIpc) is 2.45. The second kappa shape index (κ2) is 5.91. The Kier molecular flexibility index (Phi) is 4.03.